The van der Waals surface area contributed by atoms with Crippen molar-refractivity contribution in [2.75, 3.05) is 19.7 Å². The minimum atomic E-state index is -0.296. The second kappa shape index (κ2) is 9.32. The van der Waals surface area contributed by atoms with Crippen molar-refractivity contribution in [1.82, 2.24) is 19.8 Å². The van der Waals surface area contributed by atoms with Gasteiger partial charge in [-0.05, 0) is 30.5 Å². The van der Waals surface area contributed by atoms with Crippen LogP contribution in [0.5, 0.6) is 0 Å². The molecule has 7 heteroatoms. The number of aliphatic hydroxyl groups is 1. The maximum Gasteiger partial charge on any atom is 0.274 e. The summed E-state index contributed by atoms with van der Waals surface area (Å²) in [6.07, 6.45) is 10.7. The molecule has 0 spiro atoms. The van der Waals surface area contributed by atoms with Crippen molar-refractivity contribution in [3.8, 4) is 11.8 Å². The molecular formula is C26H28N4O3. The van der Waals surface area contributed by atoms with Gasteiger partial charge in [0.2, 0.25) is 5.91 Å². The molecule has 1 aliphatic carbocycles. The molecule has 3 aliphatic rings. The van der Waals surface area contributed by atoms with Gasteiger partial charge in [0, 0.05) is 36.3 Å². The van der Waals surface area contributed by atoms with E-state index in [-0.39, 0.29) is 48.7 Å². The van der Waals surface area contributed by atoms with Crippen LogP contribution in [0.2, 0.25) is 0 Å². The molecule has 2 aromatic rings. The molecule has 1 aromatic heterocycles. The summed E-state index contributed by atoms with van der Waals surface area (Å²) < 4.78 is 0. The predicted molar refractivity (Wildman–Crippen MR) is 122 cm³/mol. The highest BCUT2D eigenvalue weighted by Gasteiger charge is 2.54. The lowest BCUT2D eigenvalue weighted by Crippen LogP contribution is -2.73. The molecule has 33 heavy (non-hydrogen) atoms. The van der Waals surface area contributed by atoms with Gasteiger partial charge in [0.15, 0.2) is 0 Å². The van der Waals surface area contributed by atoms with Crippen LogP contribution in [0.25, 0.3) is 0 Å². The summed E-state index contributed by atoms with van der Waals surface area (Å²) in [7, 11) is 0. The standard InChI is InChI=1S/C26H28N4O3/c31-17-23-25(20-10-8-19(9-11-20)7-6-18-4-2-1-3-5-18)22-15-29(16-24(32)30(22)23)26(33)21-14-27-12-13-28-21/h8-14,18,22-23,25,31H,1-5,15-17H2/t22-,23+,25+/m0/s1. The van der Waals surface area contributed by atoms with Crippen LogP contribution in [0.15, 0.2) is 42.9 Å². The molecule has 3 heterocycles. The topological polar surface area (TPSA) is 86.6 Å². The van der Waals surface area contributed by atoms with Crippen molar-refractivity contribution in [3.63, 3.8) is 0 Å². The minimum Gasteiger partial charge on any atom is -0.394 e. The third-order valence-electron chi connectivity index (χ3n) is 7.14. The zero-order chi connectivity index (χ0) is 22.8. The van der Waals surface area contributed by atoms with Crippen molar-refractivity contribution in [1.29, 1.82) is 0 Å². The Morgan fingerprint density at radius 2 is 1.91 bits per heavy atom. The second-order valence-corrected chi connectivity index (χ2v) is 9.15. The molecule has 0 bridgehead atoms. The number of amides is 2. The number of nitrogens with zero attached hydrogens (tertiary/aromatic N) is 4. The van der Waals surface area contributed by atoms with Gasteiger partial charge in [-0.25, -0.2) is 4.98 Å². The van der Waals surface area contributed by atoms with Crippen LogP contribution in [-0.4, -0.2) is 68.5 Å². The molecule has 1 saturated carbocycles. The summed E-state index contributed by atoms with van der Waals surface area (Å²) in [5.74, 6) is 6.77. The van der Waals surface area contributed by atoms with E-state index in [1.807, 2.05) is 24.3 Å². The molecular weight excluding hydrogens is 416 g/mol. The highest BCUT2D eigenvalue weighted by molar-refractivity contribution is 5.96. The van der Waals surface area contributed by atoms with Crippen molar-refractivity contribution in [2.45, 2.75) is 50.1 Å². The predicted octanol–water partition coefficient (Wildman–Crippen LogP) is 2.22. The quantitative estimate of drug-likeness (QED) is 0.734. The van der Waals surface area contributed by atoms with Crippen LogP contribution in [0, 0.1) is 17.8 Å². The van der Waals surface area contributed by atoms with Gasteiger partial charge in [0.05, 0.1) is 24.9 Å². The van der Waals surface area contributed by atoms with Crippen LogP contribution < -0.4 is 0 Å². The van der Waals surface area contributed by atoms with Gasteiger partial charge in [-0.15, -0.1) is 0 Å². The van der Waals surface area contributed by atoms with Gasteiger partial charge < -0.3 is 14.9 Å². The molecule has 3 atom stereocenters. The number of fused-ring (bicyclic) bond motifs is 1. The molecule has 2 aliphatic heterocycles. The van der Waals surface area contributed by atoms with Gasteiger partial charge in [-0.2, -0.15) is 0 Å². The van der Waals surface area contributed by atoms with Gasteiger partial charge in [0.1, 0.15) is 12.2 Å². The van der Waals surface area contributed by atoms with Crippen LogP contribution >= 0.6 is 0 Å². The summed E-state index contributed by atoms with van der Waals surface area (Å²) in [5, 5.41) is 10.00. The second-order valence-electron chi connectivity index (χ2n) is 9.15. The smallest absolute Gasteiger partial charge is 0.274 e. The van der Waals surface area contributed by atoms with Crippen LogP contribution in [0.1, 0.15) is 59.6 Å². The van der Waals surface area contributed by atoms with E-state index in [1.165, 1.54) is 55.6 Å². The number of aliphatic hydroxyl groups excluding tert-OH is 1. The number of carbonyl (C=O) groups excluding carboxylic acids is 2. The highest BCUT2D eigenvalue weighted by Crippen LogP contribution is 2.43. The van der Waals surface area contributed by atoms with Gasteiger partial charge in [-0.3, -0.25) is 14.6 Å². The Hall–Kier alpha value is -3.24. The largest absolute Gasteiger partial charge is 0.394 e. The zero-order valence-corrected chi connectivity index (χ0v) is 18.6. The molecule has 7 nitrogen and oxygen atoms in total. The number of hydrogen-bond donors (Lipinski definition) is 1. The summed E-state index contributed by atoms with van der Waals surface area (Å²) >= 11 is 0. The summed E-state index contributed by atoms with van der Waals surface area (Å²) in [6.45, 7) is 0.296. The monoisotopic (exact) mass is 444 g/mol. The van der Waals surface area contributed by atoms with E-state index in [1.54, 1.807) is 4.90 Å². The Labute approximate surface area is 193 Å². The molecule has 0 unspecified atom stereocenters. The third kappa shape index (κ3) is 4.23. The zero-order valence-electron chi connectivity index (χ0n) is 18.6. The van der Waals surface area contributed by atoms with Gasteiger partial charge >= 0.3 is 0 Å². The van der Waals surface area contributed by atoms with E-state index in [9.17, 15) is 14.7 Å². The lowest BCUT2D eigenvalue weighted by atomic mass is 9.73. The third-order valence-corrected chi connectivity index (χ3v) is 7.14. The van der Waals surface area contributed by atoms with E-state index in [4.69, 9.17) is 0 Å². The molecule has 2 amide bonds. The number of hydrogen-bond acceptors (Lipinski definition) is 5. The van der Waals surface area contributed by atoms with E-state index >= 15 is 0 Å². The normalized spacial score (nSPS) is 25.0. The molecule has 3 fully saturated rings. The Morgan fingerprint density at radius 1 is 1.12 bits per heavy atom. The first-order valence-electron chi connectivity index (χ1n) is 11.7. The average molecular weight is 445 g/mol. The molecule has 5 rings (SSSR count). The molecule has 2 saturated heterocycles. The molecule has 1 aromatic carbocycles. The first kappa shape index (κ1) is 21.6. The number of carbonyl (C=O) groups is 2. The first-order chi connectivity index (χ1) is 16.2. The number of rotatable bonds is 3. The summed E-state index contributed by atoms with van der Waals surface area (Å²) in [5.41, 5.74) is 2.27. The number of aromatic nitrogens is 2. The summed E-state index contributed by atoms with van der Waals surface area (Å²) in [6, 6.07) is 7.70. The SMILES string of the molecule is O=C(c1cnccn1)N1CC(=O)N2[C@H](CO)[C@H](c3ccc(C#CC4CCCCC4)cc3)[C@@H]2C1. The van der Waals surface area contributed by atoms with Crippen molar-refractivity contribution in [2.24, 2.45) is 5.92 Å². The van der Waals surface area contributed by atoms with E-state index in [0.717, 1.165) is 11.1 Å². The Balaban J connectivity index is 1.32. The van der Waals surface area contributed by atoms with Crippen LogP contribution in [0.4, 0.5) is 0 Å². The first-order valence-corrected chi connectivity index (χ1v) is 11.7. The lowest BCUT2D eigenvalue weighted by Gasteiger charge is -2.58. The maximum absolute atomic E-state index is 12.9. The Morgan fingerprint density at radius 3 is 2.61 bits per heavy atom. The fourth-order valence-corrected chi connectivity index (χ4v) is 5.45. The van der Waals surface area contributed by atoms with Crippen molar-refractivity contribution < 1.29 is 14.7 Å². The van der Waals surface area contributed by atoms with Crippen LogP contribution in [0.3, 0.4) is 0 Å². The van der Waals surface area contributed by atoms with Crippen molar-refractivity contribution >= 4 is 11.8 Å². The Kier molecular flexibility index (Phi) is 6.10. The highest BCUT2D eigenvalue weighted by atomic mass is 16.3. The molecule has 1 N–H and O–H groups in total. The Bertz CT molecular complexity index is 1070. The number of piperazine rings is 1. The molecule has 170 valence electrons. The van der Waals surface area contributed by atoms with E-state index < -0.39 is 0 Å². The average Bonchev–Trinajstić information content (AvgIpc) is 2.85. The van der Waals surface area contributed by atoms with E-state index in [0.29, 0.717) is 12.5 Å². The lowest BCUT2D eigenvalue weighted by molar-refractivity contribution is -0.159. The fraction of sp³-hybridized carbons (Fsp3) is 0.462. The van der Waals surface area contributed by atoms with E-state index in [2.05, 4.69) is 21.8 Å². The summed E-state index contributed by atoms with van der Waals surface area (Å²) in [4.78, 5) is 37.0. The molecule has 0 radical (unpaired) electrons. The van der Waals surface area contributed by atoms with Gasteiger partial charge in [-0.1, -0.05) is 43.2 Å². The fourth-order valence-electron chi connectivity index (χ4n) is 5.45. The minimum absolute atomic E-state index is 0.00911. The number of benzene rings is 1. The van der Waals surface area contributed by atoms with Crippen LogP contribution in [-0.2, 0) is 4.79 Å². The van der Waals surface area contributed by atoms with Gasteiger partial charge in [0.25, 0.3) is 5.91 Å². The maximum atomic E-state index is 12.9. The van der Waals surface area contributed by atoms with Crippen molar-refractivity contribution in [3.05, 3.63) is 59.7 Å².